The third-order valence-electron chi connectivity index (χ3n) is 7.35. The van der Waals surface area contributed by atoms with E-state index in [1.54, 1.807) is 4.90 Å². The second-order valence-electron chi connectivity index (χ2n) is 10.3. The Bertz CT molecular complexity index is 1170. The SMILES string of the molecule is CCc1ccc(OCC(=O)N(Cc2cccc(C)c2)[C@H](Cc2ccccc2)C(=O)NC2CCCCC2)cc1. The van der Waals surface area contributed by atoms with E-state index in [0.717, 1.165) is 48.8 Å². The summed E-state index contributed by atoms with van der Waals surface area (Å²) in [5.41, 5.74) is 4.35. The quantitative estimate of drug-likeness (QED) is 0.342. The van der Waals surface area contributed by atoms with Crippen LogP contribution in [0.15, 0.2) is 78.9 Å². The number of rotatable bonds is 11. The van der Waals surface area contributed by atoms with Crippen LogP contribution in [0, 0.1) is 6.92 Å². The molecule has 200 valence electrons. The van der Waals surface area contributed by atoms with Crippen molar-refractivity contribution in [2.75, 3.05) is 6.61 Å². The Morgan fingerprint density at radius 1 is 0.895 bits per heavy atom. The summed E-state index contributed by atoms with van der Waals surface area (Å²) in [5, 5.41) is 3.28. The van der Waals surface area contributed by atoms with Gasteiger partial charge >= 0.3 is 0 Å². The van der Waals surface area contributed by atoms with Crippen molar-refractivity contribution in [2.45, 2.75) is 77.4 Å². The molecule has 0 spiro atoms. The largest absolute Gasteiger partial charge is 0.484 e. The normalized spacial score (nSPS) is 14.5. The minimum Gasteiger partial charge on any atom is -0.484 e. The molecule has 0 aromatic heterocycles. The van der Waals surface area contributed by atoms with Crippen molar-refractivity contribution >= 4 is 11.8 Å². The van der Waals surface area contributed by atoms with Crippen LogP contribution in [0.2, 0.25) is 0 Å². The van der Waals surface area contributed by atoms with Gasteiger partial charge in [-0.3, -0.25) is 9.59 Å². The number of aryl methyl sites for hydroxylation is 2. The molecule has 1 aliphatic carbocycles. The van der Waals surface area contributed by atoms with Gasteiger partial charge in [0.2, 0.25) is 5.91 Å². The standard InChI is InChI=1S/C33H40N2O3/c1-3-26-17-19-30(20-18-26)38-24-32(36)35(23-28-14-10-11-25(2)21-28)31(22-27-12-6-4-7-13-27)33(37)34-29-15-8-5-9-16-29/h4,6-7,10-14,17-21,29,31H,3,5,8-9,15-16,22-24H2,1-2H3,(H,34,37)/t31-/m1/s1. The topological polar surface area (TPSA) is 58.6 Å². The number of hydrogen-bond acceptors (Lipinski definition) is 3. The molecular formula is C33H40N2O3. The first kappa shape index (κ1) is 27.4. The average Bonchev–Trinajstić information content (AvgIpc) is 2.95. The highest BCUT2D eigenvalue weighted by Crippen LogP contribution is 2.20. The predicted molar refractivity (Wildman–Crippen MR) is 152 cm³/mol. The van der Waals surface area contributed by atoms with E-state index < -0.39 is 6.04 Å². The van der Waals surface area contributed by atoms with Gasteiger partial charge in [-0.15, -0.1) is 0 Å². The molecule has 1 saturated carbocycles. The van der Waals surface area contributed by atoms with Gasteiger partial charge in [0.05, 0.1) is 0 Å². The van der Waals surface area contributed by atoms with E-state index in [1.165, 1.54) is 12.0 Å². The van der Waals surface area contributed by atoms with Crippen LogP contribution >= 0.6 is 0 Å². The van der Waals surface area contributed by atoms with E-state index in [1.807, 2.05) is 79.7 Å². The lowest BCUT2D eigenvalue weighted by Gasteiger charge is -2.33. The molecule has 2 amide bonds. The van der Waals surface area contributed by atoms with Crippen LogP contribution in [-0.2, 0) is 29.0 Å². The third kappa shape index (κ3) is 7.95. The van der Waals surface area contributed by atoms with Gasteiger partial charge in [0.1, 0.15) is 11.8 Å². The molecule has 0 heterocycles. The highest BCUT2D eigenvalue weighted by Gasteiger charge is 2.32. The van der Waals surface area contributed by atoms with Crippen LogP contribution in [0.5, 0.6) is 5.75 Å². The Kier molecular flexibility index (Phi) is 9.97. The van der Waals surface area contributed by atoms with E-state index in [-0.39, 0.29) is 24.5 Å². The molecule has 1 aliphatic rings. The first-order valence-corrected chi connectivity index (χ1v) is 13.9. The summed E-state index contributed by atoms with van der Waals surface area (Å²) < 4.78 is 5.92. The number of nitrogens with zero attached hydrogens (tertiary/aromatic N) is 1. The fourth-order valence-electron chi connectivity index (χ4n) is 5.15. The Morgan fingerprint density at radius 3 is 2.29 bits per heavy atom. The number of amides is 2. The Balaban J connectivity index is 1.59. The number of ether oxygens (including phenoxy) is 1. The highest BCUT2D eigenvalue weighted by atomic mass is 16.5. The molecule has 5 nitrogen and oxygen atoms in total. The van der Waals surface area contributed by atoms with Gasteiger partial charge < -0.3 is 15.0 Å². The molecule has 3 aromatic rings. The first-order chi connectivity index (χ1) is 18.5. The van der Waals surface area contributed by atoms with Gasteiger partial charge in [-0.25, -0.2) is 0 Å². The molecule has 1 atom stereocenters. The molecular weight excluding hydrogens is 472 g/mol. The molecule has 3 aromatic carbocycles. The van der Waals surface area contributed by atoms with Crippen molar-refractivity contribution in [3.63, 3.8) is 0 Å². The molecule has 0 bridgehead atoms. The molecule has 0 saturated heterocycles. The highest BCUT2D eigenvalue weighted by molar-refractivity contribution is 5.88. The van der Waals surface area contributed by atoms with Gasteiger partial charge in [-0.05, 0) is 55.0 Å². The van der Waals surface area contributed by atoms with Crippen molar-refractivity contribution in [3.8, 4) is 5.75 Å². The van der Waals surface area contributed by atoms with Crippen molar-refractivity contribution in [1.29, 1.82) is 0 Å². The van der Waals surface area contributed by atoms with Gasteiger partial charge in [0.15, 0.2) is 6.61 Å². The van der Waals surface area contributed by atoms with E-state index in [2.05, 4.69) is 18.3 Å². The number of carbonyl (C=O) groups excluding carboxylic acids is 2. The van der Waals surface area contributed by atoms with Gasteiger partial charge in [-0.1, -0.05) is 98.5 Å². The fourth-order valence-corrected chi connectivity index (χ4v) is 5.15. The average molecular weight is 513 g/mol. The molecule has 1 fully saturated rings. The lowest BCUT2D eigenvalue weighted by Crippen LogP contribution is -2.53. The van der Waals surface area contributed by atoms with Crippen LogP contribution in [-0.4, -0.2) is 35.4 Å². The number of benzene rings is 3. The van der Waals surface area contributed by atoms with Crippen molar-refractivity contribution < 1.29 is 14.3 Å². The summed E-state index contributed by atoms with van der Waals surface area (Å²) in [5.74, 6) is 0.358. The number of nitrogens with one attached hydrogen (secondary N) is 1. The van der Waals surface area contributed by atoms with Crippen LogP contribution in [0.1, 0.15) is 61.3 Å². The summed E-state index contributed by atoms with van der Waals surface area (Å²) in [6.45, 7) is 4.36. The lowest BCUT2D eigenvalue weighted by atomic mass is 9.94. The van der Waals surface area contributed by atoms with E-state index in [4.69, 9.17) is 4.74 Å². The zero-order valence-corrected chi connectivity index (χ0v) is 22.7. The van der Waals surface area contributed by atoms with E-state index in [0.29, 0.717) is 18.7 Å². The zero-order chi connectivity index (χ0) is 26.7. The molecule has 38 heavy (non-hydrogen) atoms. The summed E-state index contributed by atoms with van der Waals surface area (Å²) in [6, 6.07) is 25.4. The van der Waals surface area contributed by atoms with Gasteiger partial charge in [-0.2, -0.15) is 0 Å². The second-order valence-corrected chi connectivity index (χ2v) is 10.3. The van der Waals surface area contributed by atoms with E-state index >= 15 is 0 Å². The maximum Gasteiger partial charge on any atom is 0.261 e. The fraction of sp³-hybridized carbons (Fsp3) is 0.394. The minimum atomic E-state index is -0.640. The lowest BCUT2D eigenvalue weighted by molar-refractivity contribution is -0.143. The van der Waals surface area contributed by atoms with Crippen LogP contribution in [0.4, 0.5) is 0 Å². The molecule has 1 N–H and O–H groups in total. The predicted octanol–water partition coefficient (Wildman–Crippen LogP) is 6.03. The van der Waals surface area contributed by atoms with E-state index in [9.17, 15) is 9.59 Å². The molecule has 5 heteroatoms. The summed E-state index contributed by atoms with van der Waals surface area (Å²) in [4.78, 5) is 29.3. The van der Waals surface area contributed by atoms with Crippen molar-refractivity contribution in [2.24, 2.45) is 0 Å². The molecule has 0 radical (unpaired) electrons. The molecule has 4 rings (SSSR count). The van der Waals surface area contributed by atoms with Crippen molar-refractivity contribution in [3.05, 3.63) is 101 Å². The summed E-state index contributed by atoms with van der Waals surface area (Å²) in [6.07, 6.45) is 6.85. The van der Waals surface area contributed by atoms with Crippen LogP contribution < -0.4 is 10.1 Å². The third-order valence-corrected chi connectivity index (χ3v) is 7.35. The maximum absolute atomic E-state index is 13.8. The van der Waals surface area contributed by atoms with Gasteiger partial charge in [0, 0.05) is 19.0 Å². The van der Waals surface area contributed by atoms with Crippen molar-refractivity contribution in [1.82, 2.24) is 10.2 Å². The van der Waals surface area contributed by atoms with Gasteiger partial charge in [0.25, 0.3) is 5.91 Å². The maximum atomic E-state index is 13.8. The molecule has 0 aliphatic heterocycles. The second kappa shape index (κ2) is 13.8. The Labute approximate surface area is 227 Å². The monoisotopic (exact) mass is 512 g/mol. The number of hydrogen-bond donors (Lipinski definition) is 1. The van der Waals surface area contributed by atoms with Crippen LogP contribution in [0.3, 0.4) is 0 Å². The molecule has 0 unspecified atom stereocenters. The first-order valence-electron chi connectivity index (χ1n) is 13.9. The summed E-state index contributed by atoms with van der Waals surface area (Å²) >= 11 is 0. The smallest absolute Gasteiger partial charge is 0.261 e. The zero-order valence-electron chi connectivity index (χ0n) is 22.7. The Morgan fingerprint density at radius 2 is 1.61 bits per heavy atom. The number of carbonyl (C=O) groups is 2. The summed E-state index contributed by atoms with van der Waals surface area (Å²) in [7, 11) is 0. The van der Waals surface area contributed by atoms with Crippen LogP contribution in [0.25, 0.3) is 0 Å². The Hall–Kier alpha value is -3.60. The minimum absolute atomic E-state index is 0.0888.